The Morgan fingerprint density at radius 1 is 0.573 bits per heavy atom. The fourth-order valence-corrected chi connectivity index (χ4v) is 13.9. The molecule has 10 heterocycles. The number of aliphatic hydroxyl groups excluding tert-OH is 2. The first-order valence-corrected chi connectivity index (χ1v) is 30.6. The normalized spacial score (nSPS) is 17.9. The summed E-state index contributed by atoms with van der Waals surface area (Å²) < 4.78 is 31.6. The number of Topliss-reactive ketones (excluding diaryl/α,β-unsaturated/α-hetero) is 1. The number of aromatic nitrogens is 8. The van der Waals surface area contributed by atoms with Gasteiger partial charge in [0.05, 0.1) is 35.7 Å². The lowest BCUT2D eigenvalue weighted by atomic mass is 9.94. The molecule has 2 unspecified atom stereocenters. The van der Waals surface area contributed by atoms with Gasteiger partial charge in [0, 0.05) is 140 Å². The fourth-order valence-electron chi connectivity index (χ4n) is 12.1. The number of hydrogen-bond donors (Lipinski definition) is 2. The maximum absolute atomic E-state index is 15.2. The number of nitrogens with zero attached hydrogens (tertiary/aromatic N) is 16. The van der Waals surface area contributed by atoms with E-state index in [4.69, 9.17) is 30.1 Å². The Morgan fingerprint density at radius 2 is 0.951 bits per heavy atom. The molecule has 4 saturated heterocycles. The van der Waals surface area contributed by atoms with Gasteiger partial charge in [-0.15, -0.1) is 22.7 Å². The topological polar surface area (TPSA) is 171 Å². The van der Waals surface area contributed by atoms with Crippen LogP contribution in [0, 0.1) is 25.5 Å². The highest BCUT2D eigenvalue weighted by Gasteiger charge is 2.44. The molecule has 19 nitrogen and oxygen atoms in total. The third kappa shape index (κ3) is 11.0. The monoisotopic (exact) mass is 1150 g/mol. The van der Waals surface area contributed by atoms with Crippen LogP contribution in [0.5, 0.6) is 0 Å². The second kappa shape index (κ2) is 23.6. The van der Waals surface area contributed by atoms with Crippen LogP contribution in [-0.4, -0.2) is 204 Å². The van der Waals surface area contributed by atoms with Crippen LogP contribution >= 0.6 is 22.7 Å². The van der Waals surface area contributed by atoms with Crippen LogP contribution < -0.4 is 19.6 Å². The van der Waals surface area contributed by atoms with Crippen LogP contribution in [0.15, 0.2) is 71.4 Å². The van der Waals surface area contributed by atoms with Crippen molar-refractivity contribution in [1.29, 1.82) is 0 Å². The van der Waals surface area contributed by atoms with Crippen molar-refractivity contribution < 1.29 is 23.8 Å². The predicted octanol–water partition coefficient (Wildman–Crippen LogP) is 7.28. The second-order valence-electron chi connectivity index (χ2n) is 22.0. The van der Waals surface area contributed by atoms with Crippen molar-refractivity contribution in [2.45, 2.75) is 78.9 Å². The molecule has 4 aliphatic heterocycles. The molecule has 4 fully saturated rings. The van der Waals surface area contributed by atoms with E-state index < -0.39 is 24.3 Å². The van der Waals surface area contributed by atoms with Crippen molar-refractivity contribution in [2.75, 3.05) is 124 Å². The number of β-amino-alcohol motifs (C(OH)–C–C–N with tert-alkyl or cyclic N) is 2. The number of fused-ring (bicyclic) bond motifs is 2. The van der Waals surface area contributed by atoms with Crippen LogP contribution in [0.2, 0.25) is 0 Å². The molecular formula is C59H72F2N16O3S2. The highest BCUT2D eigenvalue weighted by molar-refractivity contribution is 7.14. The maximum Gasteiger partial charge on any atom is 0.191 e. The number of pyridine rings is 2. The molecule has 2 aromatic carbocycles. The minimum Gasteiger partial charge on any atom is -0.390 e. The summed E-state index contributed by atoms with van der Waals surface area (Å²) in [7, 11) is 0. The van der Waals surface area contributed by atoms with Crippen molar-refractivity contribution in [3.63, 3.8) is 0 Å². The lowest BCUT2D eigenvalue weighted by Crippen LogP contribution is -2.68. The van der Waals surface area contributed by atoms with E-state index in [0.717, 1.165) is 142 Å². The highest BCUT2D eigenvalue weighted by Crippen LogP contribution is 2.40. The zero-order valence-electron chi connectivity index (χ0n) is 47.5. The van der Waals surface area contributed by atoms with Gasteiger partial charge in [-0.05, 0) is 113 Å². The predicted molar refractivity (Wildman–Crippen MR) is 321 cm³/mol. The Balaban J connectivity index is 0.724. The van der Waals surface area contributed by atoms with Crippen LogP contribution in [-0.2, 0) is 17.9 Å². The van der Waals surface area contributed by atoms with Gasteiger partial charge < -0.3 is 29.8 Å². The Hall–Kier alpha value is -6.57. The van der Waals surface area contributed by atoms with Crippen LogP contribution in [0.3, 0.4) is 0 Å². The Labute approximate surface area is 484 Å². The third-order valence-corrected chi connectivity index (χ3v) is 18.5. The van der Waals surface area contributed by atoms with E-state index in [0.29, 0.717) is 65.4 Å². The minimum atomic E-state index is -0.464. The first-order valence-electron chi connectivity index (χ1n) is 28.8. The van der Waals surface area contributed by atoms with Crippen molar-refractivity contribution >= 4 is 84.1 Å². The molecule has 6 aromatic heterocycles. The van der Waals surface area contributed by atoms with E-state index in [1.807, 2.05) is 20.1 Å². The van der Waals surface area contributed by atoms with Gasteiger partial charge >= 0.3 is 0 Å². The van der Waals surface area contributed by atoms with Crippen LogP contribution in [0.4, 0.5) is 42.3 Å². The summed E-state index contributed by atoms with van der Waals surface area (Å²) in [6.07, 6.45) is -0.928. The fraction of sp³-hybridized carbons (Fsp3) is 0.475. The minimum absolute atomic E-state index is 0.145. The molecule has 23 heteroatoms. The van der Waals surface area contributed by atoms with Gasteiger partial charge in [-0.25, -0.2) is 38.1 Å². The molecule has 0 amide bonds. The van der Waals surface area contributed by atoms with Crippen LogP contribution in [0.1, 0.15) is 38.8 Å². The smallest absolute Gasteiger partial charge is 0.191 e. The average Bonchev–Trinajstić information content (AvgIpc) is 3.31. The number of hydrogen-bond acceptors (Lipinski definition) is 19. The average molecular weight is 1160 g/mol. The molecule has 432 valence electrons. The molecule has 82 heavy (non-hydrogen) atoms. The number of aliphatic hydroxyl groups is 2. The number of anilines is 6. The van der Waals surface area contributed by atoms with E-state index in [1.165, 1.54) is 24.3 Å². The third-order valence-electron chi connectivity index (χ3n) is 16.7. The first kappa shape index (κ1) is 55.9. The standard InChI is InChI=1S/C59H72F2N16O3S2/c1-7-74(58-62-45(35-81-58)39-11-15-41(60)16-12-39)56-53-51(66-76(56)9-3)37(5)27-49(64-53)70-23-19-68(20-24-70)33-47(72-29-43(78)30-72)55(80)48(73-31-44(79)32-73)34-69-21-25-71(26-22-69)50-28-38(6)52-54(65-50)57(77(10-4)67-52)75(8-2)59-63-46(36-82-59)40-13-17-42(61)18-14-40/h11-18,27-28,35-36,43-44,47-48,78-79H,7-10,19-26,29-34H2,1-6H3. The largest absolute Gasteiger partial charge is 0.390 e. The lowest BCUT2D eigenvalue weighted by molar-refractivity contribution is -0.141. The number of likely N-dealkylation sites (tertiary alicyclic amines) is 2. The number of benzene rings is 2. The highest BCUT2D eigenvalue weighted by atomic mass is 32.1. The van der Waals surface area contributed by atoms with Gasteiger partial charge in [-0.2, -0.15) is 10.2 Å². The first-order chi connectivity index (χ1) is 39.8. The van der Waals surface area contributed by atoms with Gasteiger partial charge in [0.25, 0.3) is 0 Å². The van der Waals surface area contributed by atoms with Gasteiger partial charge in [-0.1, -0.05) is 0 Å². The number of carbonyl (C=O) groups excluding carboxylic acids is 1. The number of thiazole rings is 2. The number of rotatable bonds is 20. The van der Waals surface area contributed by atoms with E-state index >= 15 is 4.79 Å². The molecule has 2 atom stereocenters. The zero-order valence-corrected chi connectivity index (χ0v) is 49.1. The molecule has 8 aromatic rings. The number of piperazine rings is 2. The van der Waals surface area contributed by atoms with Gasteiger partial charge in [-0.3, -0.25) is 24.4 Å². The molecule has 0 saturated carbocycles. The molecule has 12 rings (SSSR count). The molecule has 0 spiro atoms. The SMILES string of the molecule is CCN(c1nc(-c2ccc(F)cc2)cs1)c1c2nc(N3CCN(CC(C(=O)C(CN4CCN(c5cc(C)c6nn(CC)c(N(CC)c7nc(-c8ccc(F)cc8)cs7)c6n5)CC4)N4CC(O)C4)N4CC(O)C4)CC3)cc(C)c2nn1CC. The number of carbonyl (C=O) groups is 1. The van der Waals surface area contributed by atoms with Crippen molar-refractivity contribution in [3.8, 4) is 22.5 Å². The zero-order chi connectivity index (χ0) is 56.9. The number of aryl methyl sites for hydroxylation is 4. The van der Waals surface area contributed by atoms with Gasteiger partial charge in [0.1, 0.15) is 45.3 Å². The van der Waals surface area contributed by atoms with E-state index in [2.05, 4.69) is 92.9 Å². The molecular weight excluding hydrogens is 1080 g/mol. The van der Waals surface area contributed by atoms with Crippen molar-refractivity contribution in [1.82, 2.24) is 59.1 Å². The summed E-state index contributed by atoms with van der Waals surface area (Å²) in [5.41, 5.74) is 8.70. The van der Waals surface area contributed by atoms with Crippen LogP contribution in [0.25, 0.3) is 44.6 Å². The number of ketones is 1. The summed E-state index contributed by atoms with van der Waals surface area (Å²) in [5.74, 6) is 3.13. The summed E-state index contributed by atoms with van der Waals surface area (Å²) in [6.45, 7) is 23.9. The molecule has 0 bridgehead atoms. The lowest BCUT2D eigenvalue weighted by Gasteiger charge is -2.49. The summed E-state index contributed by atoms with van der Waals surface area (Å²) >= 11 is 3.08. The Bertz CT molecular complexity index is 3310. The summed E-state index contributed by atoms with van der Waals surface area (Å²) in [4.78, 5) is 54.0. The van der Waals surface area contributed by atoms with E-state index in [1.54, 1.807) is 46.9 Å². The Kier molecular flexibility index (Phi) is 16.1. The molecule has 2 N–H and O–H groups in total. The molecule has 0 radical (unpaired) electrons. The van der Waals surface area contributed by atoms with Crippen molar-refractivity contribution in [3.05, 3.63) is 94.2 Å². The van der Waals surface area contributed by atoms with Gasteiger partial charge in [0.2, 0.25) is 0 Å². The second-order valence-corrected chi connectivity index (χ2v) is 23.7. The summed E-state index contributed by atoms with van der Waals surface area (Å²) in [5, 5.41) is 36.9. The quantitative estimate of drug-likeness (QED) is 0.0780. The molecule has 0 aliphatic carbocycles. The van der Waals surface area contributed by atoms with E-state index in [-0.39, 0.29) is 17.4 Å². The summed E-state index contributed by atoms with van der Waals surface area (Å²) in [6, 6.07) is 16.3. The van der Waals surface area contributed by atoms with E-state index in [9.17, 15) is 19.0 Å². The Morgan fingerprint density at radius 3 is 1.29 bits per heavy atom. The molecule has 4 aliphatic rings. The van der Waals surface area contributed by atoms with Gasteiger partial charge in [0.15, 0.2) is 27.7 Å². The van der Waals surface area contributed by atoms with Crippen molar-refractivity contribution in [2.24, 2.45) is 0 Å². The number of halogens is 2. The maximum atomic E-state index is 15.2.